The number of rotatable bonds is 5. The van der Waals surface area contributed by atoms with Gasteiger partial charge in [-0.15, -0.1) is 0 Å². The fraction of sp³-hybridized carbons (Fsp3) is 1.00. The van der Waals surface area contributed by atoms with Crippen LogP contribution in [0, 0.1) is 0 Å². The predicted octanol–water partition coefficient (Wildman–Crippen LogP) is 5.25. The van der Waals surface area contributed by atoms with Crippen LogP contribution in [-0.2, 0) is 13.6 Å². The molecule has 1 aliphatic carbocycles. The Bertz CT molecular complexity index is 297. The molecule has 0 spiro atoms. The Kier molecular flexibility index (Phi) is 9.12. The largest absolute Gasteiger partial charge is 0.377 e. The van der Waals surface area contributed by atoms with Gasteiger partial charge in [0.1, 0.15) is 0 Å². The maximum absolute atomic E-state index is 13.0. The summed E-state index contributed by atoms with van der Waals surface area (Å²) in [6.07, 6.45) is 11.2. The van der Waals surface area contributed by atoms with Crippen LogP contribution in [0.4, 0.5) is 0 Å². The third kappa shape index (κ3) is 6.02. The van der Waals surface area contributed by atoms with E-state index in [1.807, 2.05) is 0 Å². The highest BCUT2D eigenvalue weighted by Crippen LogP contribution is 2.62. The van der Waals surface area contributed by atoms with Crippen molar-refractivity contribution in [2.24, 2.45) is 0 Å². The van der Waals surface area contributed by atoms with E-state index in [0.717, 1.165) is 25.7 Å². The van der Waals surface area contributed by atoms with Crippen LogP contribution in [0.1, 0.15) is 84.5 Å². The van der Waals surface area contributed by atoms with Gasteiger partial charge in [-0.25, -0.2) is 0 Å². The van der Waals surface area contributed by atoms with Crippen molar-refractivity contribution < 1.29 is 18.7 Å². The van der Waals surface area contributed by atoms with E-state index in [-0.39, 0.29) is 0 Å². The van der Waals surface area contributed by atoms with E-state index in [4.69, 9.17) is 9.05 Å². The van der Waals surface area contributed by atoms with Crippen LogP contribution in [-0.4, -0.2) is 23.7 Å². The first-order valence-corrected chi connectivity index (χ1v) is 10.2. The molecule has 0 aromatic heterocycles. The molecule has 0 bridgehead atoms. The zero-order valence-electron chi connectivity index (χ0n) is 13.8. The molecule has 1 aliphatic rings. The van der Waals surface area contributed by atoms with Gasteiger partial charge in [0.2, 0.25) is 0 Å². The van der Waals surface area contributed by atoms with Crippen molar-refractivity contribution >= 4 is 7.60 Å². The van der Waals surface area contributed by atoms with Crippen LogP contribution in [0.2, 0.25) is 0 Å². The minimum absolute atomic E-state index is 0.305. The number of hydrogen-bond acceptors (Lipinski definition) is 4. The fourth-order valence-corrected chi connectivity index (χ4v) is 5.17. The van der Waals surface area contributed by atoms with Crippen LogP contribution in [0.5, 0.6) is 0 Å². The molecule has 1 rings (SSSR count). The van der Waals surface area contributed by atoms with E-state index >= 15 is 0 Å². The number of hydrogen-bond donors (Lipinski definition) is 1. The second-order valence-corrected chi connectivity index (χ2v) is 8.34. The van der Waals surface area contributed by atoms with Crippen LogP contribution in [0.3, 0.4) is 0 Å². The second-order valence-electron chi connectivity index (χ2n) is 6.00. The monoisotopic (exact) mass is 320 g/mol. The first-order valence-electron chi connectivity index (χ1n) is 8.69. The quantitative estimate of drug-likeness (QED) is 0.703. The molecule has 21 heavy (non-hydrogen) atoms. The first-order chi connectivity index (χ1) is 10.1. The molecular weight excluding hydrogens is 287 g/mol. The van der Waals surface area contributed by atoms with Crippen molar-refractivity contribution in [1.29, 1.82) is 0 Å². The summed E-state index contributed by atoms with van der Waals surface area (Å²) in [5, 5.41) is 9.72. The van der Waals surface area contributed by atoms with Crippen LogP contribution in [0.25, 0.3) is 0 Å². The van der Waals surface area contributed by atoms with Crippen molar-refractivity contribution in [2.75, 3.05) is 13.2 Å². The van der Waals surface area contributed by atoms with Crippen molar-refractivity contribution in [1.82, 2.24) is 0 Å². The van der Waals surface area contributed by atoms with Crippen molar-refractivity contribution in [3.8, 4) is 0 Å². The molecule has 0 amide bonds. The van der Waals surface area contributed by atoms with E-state index < -0.39 is 12.9 Å². The molecule has 1 saturated carbocycles. The molecular formula is C16H33O4P. The topological polar surface area (TPSA) is 55.8 Å². The summed E-state index contributed by atoms with van der Waals surface area (Å²) in [6.45, 7) is 4.20. The molecule has 0 unspecified atom stereocenters. The Morgan fingerprint density at radius 2 is 1.14 bits per heavy atom. The Hall–Kier alpha value is 0.110. The van der Waals surface area contributed by atoms with Gasteiger partial charge < -0.3 is 14.2 Å². The van der Waals surface area contributed by atoms with Gasteiger partial charge in [-0.05, 0) is 39.5 Å². The lowest BCUT2D eigenvalue weighted by molar-refractivity contribution is 0.0488. The van der Waals surface area contributed by atoms with Crippen LogP contribution in [0.15, 0.2) is 0 Å². The lowest BCUT2D eigenvalue weighted by Crippen LogP contribution is -2.31. The van der Waals surface area contributed by atoms with Gasteiger partial charge in [-0.1, -0.05) is 44.9 Å². The summed E-state index contributed by atoms with van der Waals surface area (Å²) >= 11 is 0. The summed E-state index contributed by atoms with van der Waals surface area (Å²) in [4.78, 5) is 0. The van der Waals surface area contributed by atoms with Crippen LogP contribution >= 0.6 is 7.60 Å². The molecule has 126 valence electrons. The second kappa shape index (κ2) is 9.99. The summed E-state index contributed by atoms with van der Waals surface area (Å²) in [5.41, 5.74) is 0. The minimum atomic E-state index is -3.46. The van der Waals surface area contributed by atoms with Crippen molar-refractivity contribution in [3.05, 3.63) is 0 Å². The smallest absolute Gasteiger partial charge is 0.361 e. The van der Waals surface area contributed by atoms with Gasteiger partial charge in [0, 0.05) is 0 Å². The maximum atomic E-state index is 13.0. The van der Waals surface area contributed by atoms with Gasteiger partial charge in [-0.2, -0.15) is 0 Å². The minimum Gasteiger partial charge on any atom is -0.377 e. The molecule has 0 radical (unpaired) electrons. The summed E-state index contributed by atoms with van der Waals surface area (Å²) in [5.74, 6) is 0. The normalized spacial score (nSPS) is 22.2. The van der Waals surface area contributed by atoms with Crippen molar-refractivity contribution in [2.45, 2.75) is 89.8 Å². The third-order valence-corrected chi connectivity index (χ3v) is 6.93. The third-order valence-electron chi connectivity index (χ3n) is 4.26. The molecule has 0 aliphatic heterocycles. The highest BCUT2D eigenvalue weighted by molar-refractivity contribution is 7.55. The van der Waals surface area contributed by atoms with Crippen molar-refractivity contribution in [3.63, 3.8) is 0 Å². The molecule has 5 heteroatoms. The molecule has 1 fully saturated rings. The summed E-state index contributed by atoms with van der Waals surface area (Å²) < 4.78 is 23.9. The van der Waals surface area contributed by atoms with Gasteiger partial charge in [-0.3, -0.25) is 4.57 Å². The van der Waals surface area contributed by atoms with Crippen LogP contribution < -0.4 is 0 Å². The van der Waals surface area contributed by atoms with E-state index in [0.29, 0.717) is 26.1 Å². The Labute approximate surface area is 130 Å². The molecule has 0 aromatic carbocycles. The molecule has 0 saturated heterocycles. The Morgan fingerprint density at radius 3 is 1.48 bits per heavy atom. The van der Waals surface area contributed by atoms with E-state index in [1.165, 1.54) is 32.1 Å². The molecule has 0 aromatic rings. The van der Waals surface area contributed by atoms with Gasteiger partial charge in [0.25, 0.3) is 0 Å². The van der Waals surface area contributed by atoms with E-state index in [9.17, 15) is 9.67 Å². The molecule has 0 atom stereocenters. The predicted molar refractivity (Wildman–Crippen MR) is 86.6 cm³/mol. The van der Waals surface area contributed by atoms with Gasteiger partial charge >= 0.3 is 7.60 Å². The average Bonchev–Trinajstić information content (AvgIpc) is 2.43. The Balaban J connectivity index is 2.79. The lowest BCUT2D eigenvalue weighted by Gasteiger charge is -2.35. The highest BCUT2D eigenvalue weighted by atomic mass is 31.2. The average molecular weight is 320 g/mol. The molecule has 0 heterocycles. The SMILES string of the molecule is CCOP(=O)(OCC)C1(O)CCCCCCCCCCC1. The van der Waals surface area contributed by atoms with E-state index in [2.05, 4.69) is 0 Å². The fourth-order valence-electron chi connectivity index (χ4n) is 3.07. The number of aliphatic hydroxyl groups is 1. The lowest BCUT2D eigenvalue weighted by atomic mass is 9.99. The zero-order valence-corrected chi connectivity index (χ0v) is 14.7. The first kappa shape index (κ1) is 19.2. The highest BCUT2D eigenvalue weighted by Gasteiger charge is 2.48. The van der Waals surface area contributed by atoms with Gasteiger partial charge in [0.05, 0.1) is 13.2 Å². The summed E-state index contributed by atoms with van der Waals surface area (Å²) in [6, 6.07) is 0. The molecule has 4 nitrogen and oxygen atoms in total. The molecule has 1 N–H and O–H groups in total. The van der Waals surface area contributed by atoms with E-state index in [1.54, 1.807) is 13.8 Å². The standard InChI is InChI=1S/C16H33O4P/c1-3-19-21(18,20-4-2)16(17)14-12-10-8-6-5-7-9-11-13-15-16/h17H,3-15H2,1-2H3. The Morgan fingerprint density at radius 1 is 0.810 bits per heavy atom. The maximum Gasteiger partial charge on any atom is 0.361 e. The van der Waals surface area contributed by atoms with Gasteiger partial charge in [0.15, 0.2) is 5.34 Å². The zero-order chi connectivity index (χ0) is 15.6. The summed E-state index contributed by atoms with van der Waals surface area (Å²) in [7, 11) is -3.46.